The van der Waals surface area contributed by atoms with Crippen LogP contribution in [0, 0.1) is 5.41 Å². The molecule has 18 heavy (non-hydrogen) atoms. The van der Waals surface area contributed by atoms with E-state index in [1.165, 1.54) is 0 Å². The monoisotopic (exact) mass is 310 g/mol. The SMILES string of the molecule is C[S+](C)CC(=O)C(C)(C)C.O=S(=O)([O-])C(F)(F)F. The second-order valence-corrected chi connectivity index (χ2v) is 8.33. The lowest BCUT2D eigenvalue weighted by atomic mass is 9.92. The lowest BCUT2D eigenvalue weighted by Crippen LogP contribution is -2.27. The molecule has 0 saturated heterocycles. The van der Waals surface area contributed by atoms with Crippen molar-refractivity contribution in [3.05, 3.63) is 0 Å². The van der Waals surface area contributed by atoms with Crippen LogP contribution in [0.4, 0.5) is 13.2 Å². The summed E-state index contributed by atoms with van der Waals surface area (Å²) < 4.78 is 58.9. The van der Waals surface area contributed by atoms with E-state index in [2.05, 4.69) is 12.5 Å². The molecule has 110 valence electrons. The third kappa shape index (κ3) is 9.72. The summed E-state index contributed by atoms with van der Waals surface area (Å²) in [5.41, 5.74) is -5.79. The maximum Gasteiger partial charge on any atom is 0.485 e. The Balaban J connectivity index is 0. The quantitative estimate of drug-likeness (QED) is 0.440. The molecule has 0 fully saturated rings. The van der Waals surface area contributed by atoms with Gasteiger partial charge in [-0.05, 0) is 10.9 Å². The fraction of sp³-hybridized carbons (Fsp3) is 0.889. The van der Waals surface area contributed by atoms with E-state index in [-0.39, 0.29) is 16.3 Å². The van der Waals surface area contributed by atoms with E-state index in [4.69, 9.17) is 13.0 Å². The first-order valence-electron chi connectivity index (χ1n) is 4.68. The fourth-order valence-electron chi connectivity index (χ4n) is 0.479. The lowest BCUT2D eigenvalue weighted by molar-refractivity contribution is -0.123. The number of halogens is 3. The second-order valence-electron chi connectivity index (χ2n) is 4.70. The number of rotatable bonds is 2. The average molecular weight is 310 g/mol. The molecule has 0 spiro atoms. The maximum absolute atomic E-state index is 11.3. The zero-order chi connectivity index (χ0) is 15.4. The van der Waals surface area contributed by atoms with Crippen LogP contribution < -0.4 is 0 Å². The van der Waals surface area contributed by atoms with Gasteiger partial charge < -0.3 is 4.55 Å². The summed E-state index contributed by atoms with van der Waals surface area (Å²) in [5, 5.41) is 0. The van der Waals surface area contributed by atoms with Crippen LogP contribution >= 0.6 is 0 Å². The van der Waals surface area contributed by atoms with E-state index < -0.39 is 15.6 Å². The van der Waals surface area contributed by atoms with Crippen molar-refractivity contribution in [2.45, 2.75) is 26.3 Å². The maximum atomic E-state index is 11.3. The number of carbonyl (C=O) groups excluding carboxylic acids is 1. The Bertz CT molecular complexity index is 366. The van der Waals surface area contributed by atoms with Gasteiger partial charge in [0.25, 0.3) is 0 Å². The topological polar surface area (TPSA) is 74.3 Å². The number of Topliss-reactive ketones (excluding diaryl/α,β-unsaturated/α-hetero) is 1. The van der Waals surface area contributed by atoms with Gasteiger partial charge in [0.2, 0.25) is 0 Å². The minimum atomic E-state index is -6.09. The molecule has 0 aliphatic heterocycles. The van der Waals surface area contributed by atoms with Crippen molar-refractivity contribution >= 4 is 26.8 Å². The highest BCUT2D eigenvalue weighted by Gasteiger charge is 2.36. The molecule has 0 aromatic carbocycles. The third-order valence-electron chi connectivity index (χ3n) is 1.54. The summed E-state index contributed by atoms with van der Waals surface area (Å²) in [6, 6.07) is 0. The van der Waals surface area contributed by atoms with E-state index in [1.807, 2.05) is 20.8 Å². The Morgan fingerprint density at radius 2 is 1.44 bits per heavy atom. The predicted octanol–water partition coefficient (Wildman–Crippen LogP) is 1.53. The zero-order valence-electron chi connectivity index (χ0n) is 10.8. The van der Waals surface area contributed by atoms with Gasteiger partial charge in [0.05, 0.1) is 12.5 Å². The molecule has 0 aromatic heterocycles. The number of hydrogen-bond acceptors (Lipinski definition) is 4. The van der Waals surface area contributed by atoms with Gasteiger partial charge in [-0.25, -0.2) is 8.42 Å². The molecule has 0 unspecified atom stereocenters. The number of hydrogen-bond donors (Lipinski definition) is 0. The molecule has 0 atom stereocenters. The Hall–Kier alpha value is -0.280. The van der Waals surface area contributed by atoms with Gasteiger partial charge in [0, 0.05) is 5.41 Å². The van der Waals surface area contributed by atoms with Crippen molar-refractivity contribution in [2.75, 3.05) is 18.3 Å². The van der Waals surface area contributed by atoms with Crippen molar-refractivity contribution in [3.8, 4) is 0 Å². The van der Waals surface area contributed by atoms with Gasteiger partial charge >= 0.3 is 5.51 Å². The molecule has 0 aromatic rings. The van der Waals surface area contributed by atoms with E-state index in [9.17, 15) is 18.0 Å². The number of alkyl halides is 3. The number of ketones is 1. The summed E-state index contributed by atoms with van der Waals surface area (Å²) in [6.07, 6.45) is 4.20. The van der Waals surface area contributed by atoms with Crippen LogP contribution in [0.5, 0.6) is 0 Å². The molecule has 0 radical (unpaired) electrons. The van der Waals surface area contributed by atoms with Gasteiger partial charge in [0.1, 0.15) is 0 Å². The summed E-state index contributed by atoms with van der Waals surface area (Å²) in [6.45, 7) is 5.92. The van der Waals surface area contributed by atoms with E-state index in [0.29, 0.717) is 5.78 Å². The van der Waals surface area contributed by atoms with Crippen molar-refractivity contribution in [1.82, 2.24) is 0 Å². The van der Waals surface area contributed by atoms with Gasteiger partial charge in [-0.2, -0.15) is 13.2 Å². The molecule has 0 aliphatic rings. The molecule has 0 saturated carbocycles. The highest BCUT2D eigenvalue weighted by Crippen LogP contribution is 2.20. The van der Waals surface area contributed by atoms with Gasteiger partial charge in [-0.1, -0.05) is 20.8 Å². The first-order chi connectivity index (χ1) is 7.59. The fourth-order valence-corrected chi connectivity index (χ4v) is 1.44. The molecule has 0 rings (SSSR count). The molecule has 0 N–H and O–H groups in total. The largest absolute Gasteiger partial charge is 0.741 e. The number of carbonyl (C=O) groups is 1. The highest BCUT2D eigenvalue weighted by molar-refractivity contribution is 7.96. The van der Waals surface area contributed by atoms with Crippen LogP contribution in [0.15, 0.2) is 0 Å². The third-order valence-corrected chi connectivity index (χ3v) is 2.95. The predicted molar refractivity (Wildman–Crippen MR) is 64.3 cm³/mol. The smallest absolute Gasteiger partial charge is 0.485 e. The summed E-state index contributed by atoms with van der Waals surface area (Å²) >= 11 is 0. The van der Waals surface area contributed by atoms with Crippen molar-refractivity contribution in [2.24, 2.45) is 5.41 Å². The Labute approximate surface area is 108 Å². The molecule has 4 nitrogen and oxygen atoms in total. The lowest BCUT2D eigenvalue weighted by Gasteiger charge is -2.14. The average Bonchev–Trinajstić information content (AvgIpc) is 1.97. The van der Waals surface area contributed by atoms with Crippen LogP contribution in [0.2, 0.25) is 0 Å². The second kappa shape index (κ2) is 6.76. The van der Waals surface area contributed by atoms with Crippen LogP contribution in [0.25, 0.3) is 0 Å². The van der Waals surface area contributed by atoms with Gasteiger partial charge in [-0.15, -0.1) is 0 Å². The van der Waals surface area contributed by atoms with Crippen LogP contribution in [-0.2, 0) is 25.8 Å². The molecule has 0 aliphatic carbocycles. The first kappa shape index (κ1) is 20.0. The Morgan fingerprint density at radius 1 is 1.17 bits per heavy atom. The van der Waals surface area contributed by atoms with E-state index >= 15 is 0 Å². The van der Waals surface area contributed by atoms with Crippen LogP contribution in [-0.4, -0.2) is 42.5 Å². The molecule has 0 amide bonds. The van der Waals surface area contributed by atoms with Crippen molar-refractivity contribution < 1.29 is 30.9 Å². The summed E-state index contributed by atoms with van der Waals surface area (Å²) in [7, 11) is -5.83. The van der Waals surface area contributed by atoms with Gasteiger partial charge in [0.15, 0.2) is 21.7 Å². The van der Waals surface area contributed by atoms with Gasteiger partial charge in [-0.3, -0.25) is 4.79 Å². The Kier molecular flexibility index (Phi) is 7.53. The first-order valence-corrected chi connectivity index (χ1v) is 8.30. The minimum Gasteiger partial charge on any atom is -0.741 e. The molecule has 0 heterocycles. The molecule has 9 heteroatoms. The van der Waals surface area contributed by atoms with Crippen molar-refractivity contribution in [1.29, 1.82) is 0 Å². The molecular formula is C9H17F3O4S2. The summed E-state index contributed by atoms with van der Waals surface area (Å²) in [5.74, 6) is 1.12. The minimum absolute atomic E-state index is 0.142. The van der Waals surface area contributed by atoms with Crippen molar-refractivity contribution in [3.63, 3.8) is 0 Å². The normalized spacial score (nSPS) is 13.0. The molecule has 0 bridgehead atoms. The zero-order valence-corrected chi connectivity index (χ0v) is 12.4. The van der Waals surface area contributed by atoms with E-state index in [1.54, 1.807) is 0 Å². The highest BCUT2D eigenvalue weighted by atomic mass is 32.2. The summed E-state index contributed by atoms with van der Waals surface area (Å²) in [4.78, 5) is 11.3. The van der Waals surface area contributed by atoms with Crippen LogP contribution in [0.1, 0.15) is 20.8 Å². The molecular weight excluding hydrogens is 293 g/mol. The van der Waals surface area contributed by atoms with E-state index in [0.717, 1.165) is 5.75 Å². The Morgan fingerprint density at radius 3 is 1.50 bits per heavy atom. The standard InChI is InChI=1S/C8H17OS.CHF3O3S/c1-8(2,3)7(9)6-10(4)5;2-1(3,4)8(5,6)7/h6H2,1-5H3;(H,5,6,7)/q+1;/p-1. The van der Waals surface area contributed by atoms with Crippen LogP contribution in [0.3, 0.4) is 0 Å².